The highest BCUT2D eigenvalue weighted by Gasteiger charge is 2.22. The second-order valence-electron chi connectivity index (χ2n) is 6.18. The van der Waals surface area contributed by atoms with Gasteiger partial charge in [-0.3, -0.25) is 9.58 Å². The van der Waals surface area contributed by atoms with Crippen LogP contribution in [0.15, 0.2) is 30.3 Å². The molecule has 0 saturated carbocycles. The van der Waals surface area contributed by atoms with E-state index in [1.165, 1.54) is 5.56 Å². The smallest absolute Gasteiger partial charge is 0.131 e. The molecule has 1 aromatic carbocycles. The molecule has 1 saturated heterocycles. The minimum absolute atomic E-state index is 0.339. The molecule has 1 atom stereocenters. The lowest BCUT2D eigenvalue weighted by Crippen LogP contribution is -2.42. The summed E-state index contributed by atoms with van der Waals surface area (Å²) in [6.45, 7) is 7.13. The standard InChI is InChI=1S/C18H25ClN4O/c1-14-16(18(19)22(2)21-14)12-20-13-17(15-6-4-3-5-7-15)23-8-10-24-11-9-23/h3-7,17,20H,8-13H2,1-2H3. The topological polar surface area (TPSA) is 42.3 Å². The molecule has 130 valence electrons. The first-order valence-electron chi connectivity index (χ1n) is 8.42. The molecule has 0 bridgehead atoms. The van der Waals surface area contributed by atoms with Crippen LogP contribution in [-0.2, 0) is 18.3 Å². The summed E-state index contributed by atoms with van der Waals surface area (Å²) in [6, 6.07) is 11.0. The van der Waals surface area contributed by atoms with Crippen molar-refractivity contribution in [2.75, 3.05) is 32.8 Å². The molecule has 24 heavy (non-hydrogen) atoms. The van der Waals surface area contributed by atoms with Gasteiger partial charge >= 0.3 is 0 Å². The number of aromatic nitrogens is 2. The highest BCUT2D eigenvalue weighted by Crippen LogP contribution is 2.22. The molecule has 1 N–H and O–H groups in total. The van der Waals surface area contributed by atoms with Crippen LogP contribution in [0.4, 0.5) is 0 Å². The Hall–Kier alpha value is -1.40. The van der Waals surface area contributed by atoms with Gasteiger partial charge in [0.05, 0.1) is 18.9 Å². The Morgan fingerprint density at radius 2 is 1.96 bits per heavy atom. The summed E-state index contributed by atoms with van der Waals surface area (Å²) < 4.78 is 7.23. The van der Waals surface area contributed by atoms with Gasteiger partial charge < -0.3 is 10.1 Å². The van der Waals surface area contributed by atoms with E-state index in [0.717, 1.165) is 50.7 Å². The van der Waals surface area contributed by atoms with Crippen molar-refractivity contribution in [2.45, 2.75) is 19.5 Å². The second-order valence-corrected chi connectivity index (χ2v) is 6.54. The molecular weight excluding hydrogens is 324 g/mol. The Bertz CT molecular complexity index is 653. The molecule has 0 amide bonds. The molecule has 5 nitrogen and oxygen atoms in total. The molecule has 3 rings (SSSR count). The zero-order chi connectivity index (χ0) is 16.9. The van der Waals surface area contributed by atoms with Crippen LogP contribution < -0.4 is 5.32 Å². The van der Waals surface area contributed by atoms with Gasteiger partial charge in [-0.15, -0.1) is 0 Å². The Kier molecular flexibility index (Phi) is 5.89. The van der Waals surface area contributed by atoms with Crippen molar-refractivity contribution in [1.82, 2.24) is 20.0 Å². The van der Waals surface area contributed by atoms with Gasteiger partial charge in [-0.2, -0.15) is 5.10 Å². The predicted molar refractivity (Wildman–Crippen MR) is 96.2 cm³/mol. The monoisotopic (exact) mass is 348 g/mol. The molecule has 1 aliphatic rings. The summed E-state index contributed by atoms with van der Waals surface area (Å²) in [7, 11) is 1.87. The third kappa shape index (κ3) is 3.98. The molecule has 0 radical (unpaired) electrons. The van der Waals surface area contributed by atoms with Crippen molar-refractivity contribution < 1.29 is 4.74 Å². The third-order valence-corrected chi connectivity index (χ3v) is 5.05. The second kappa shape index (κ2) is 8.12. The Labute approximate surface area is 148 Å². The molecule has 1 aromatic heterocycles. The quantitative estimate of drug-likeness (QED) is 0.871. The van der Waals surface area contributed by atoms with Gasteiger partial charge in [0.2, 0.25) is 0 Å². The average molecular weight is 349 g/mol. The maximum absolute atomic E-state index is 6.33. The maximum Gasteiger partial charge on any atom is 0.131 e. The summed E-state index contributed by atoms with van der Waals surface area (Å²) in [5.74, 6) is 0. The molecule has 1 aliphatic heterocycles. The van der Waals surface area contributed by atoms with Crippen LogP contribution in [0.25, 0.3) is 0 Å². The fourth-order valence-corrected chi connectivity index (χ4v) is 3.47. The van der Waals surface area contributed by atoms with Crippen molar-refractivity contribution >= 4 is 11.6 Å². The van der Waals surface area contributed by atoms with Crippen LogP contribution in [0.2, 0.25) is 5.15 Å². The normalized spacial score (nSPS) is 17.1. The number of halogens is 1. The number of nitrogens with one attached hydrogen (secondary N) is 1. The summed E-state index contributed by atoms with van der Waals surface area (Å²) in [5.41, 5.74) is 3.39. The number of benzene rings is 1. The summed E-state index contributed by atoms with van der Waals surface area (Å²) in [6.07, 6.45) is 0. The molecule has 1 unspecified atom stereocenters. The largest absolute Gasteiger partial charge is 0.379 e. The average Bonchev–Trinajstić information content (AvgIpc) is 2.86. The molecule has 2 aromatic rings. The van der Waals surface area contributed by atoms with Crippen LogP contribution in [0, 0.1) is 6.92 Å². The van der Waals surface area contributed by atoms with E-state index in [-0.39, 0.29) is 0 Å². The summed E-state index contributed by atoms with van der Waals surface area (Å²) in [5, 5.41) is 8.66. The lowest BCUT2D eigenvalue weighted by molar-refractivity contribution is 0.0161. The van der Waals surface area contributed by atoms with E-state index in [0.29, 0.717) is 11.2 Å². The van der Waals surface area contributed by atoms with Crippen LogP contribution in [0.3, 0.4) is 0 Å². The van der Waals surface area contributed by atoms with Crippen molar-refractivity contribution in [2.24, 2.45) is 7.05 Å². The van der Waals surface area contributed by atoms with E-state index >= 15 is 0 Å². The summed E-state index contributed by atoms with van der Waals surface area (Å²) >= 11 is 6.33. The van der Waals surface area contributed by atoms with Crippen molar-refractivity contribution in [3.63, 3.8) is 0 Å². The Morgan fingerprint density at radius 3 is 2.58 bits per heavy atom. The van der Waals surface area contributed by atoms with Crippen LogP contribution >= 0.6 is 11.6 Å². The highest BCUT2D eigenvalue weighted by atomic mass is 35.5. The number of aryl methyl sites for hydroxylation is 2. The Morgan fingerprint density at radius 1 is 1.25 bits per heavy atom. The van der Waals surface area contributed by atoms with Crippen molar-refractivity contribution in [3.05, 3.63) is 52.3 Å². The van der Waals surface area contributed by atoms with Crippen LogP contribution in [0.5, 0.6) is 0 Å². The van der Waals surface area contributed by atoms with Gasteiger partial charge in [0.15, 0.2) is 0 Å². The van der Waals surface area contributed by atoms with E-state index in [9.17, 15) is 0 Å². The van der Waals surface area contributed by atoms with E-state index < -0.39 is 0 Å². The molecular formula is C18H25ClN4O. The minimum atomic E-state index is 0.339. The lowest BCUT2D eigenvalue weighted by Gasteiger charge is -2.35. The number of ether oxygens (including phenoxy) is 1. The van der Waals surface area contributed by atoms with Gasteiger partial charge in [-0.05, 0) is 12.5 Å². The van der Waals surface area contributed by atoms with E-state index in [1.807, 2.05) is 14.0 Å². The SMILES string of the molecule is Cc1nn(C)c(Cl)c1CNCC(c1ccccc1)N1CCOCC1. The van der Waals surface area contributed by atoms with E-state index in [4.69, 9.17) is 16.3 Å². The number of hydrogen-bond donors (Lipinski definition) is 1. The molecule has 0 spiro atoms. The first kappa shape index (κ1) is 17.4. The molecule has 0 aliphatic carbocycles. The number of nitrogens with zero attached hydrogens (tertiary/aromatic N) is 3. The minimum Gasteiger partial charge on any atom is -0.379 e. The zero-order valence-electron chi connectivity index (χ0n) is 14.3. The van der Waals surface area contributed by atoms with Gasteiger partial charge in [-0.1, -0.05) is 41.9 Å². The van der Waals surface area contributed by atoms with E-state index in [1.54, 1.807) is 4.68 Å². The maximum atomic E-state index is 6.33. The van der Waals surface area contributed by atoms with Gasteiger partial charge in [-0.25, -0.2) is 0 Å². The zero-order valence-corrected chi connectivity index (χ0v) is 15.1. The van der Waals surface area contributed by atoms with Crippen molar-refractivity contribution in [3.8, 4) is 0 Å². The highest BCUT2D eigenvalue weighted by molar-refractivity contribution is 6.30. The predicted octanol–water partition coefficient (Wildman–Crippen LogP) is 2.55. The fourth-order valence-electron chi connectivity index (χ4n) is 3.23. The Balaban J connectivity index is 1.68. The third-order valence-electron chi connectivity index (χ3n) is 4.58. The lowest BCUT2D eigenvalue weighted by atomic mass is 10.0. The fraction of sp³-hybridized carbons (Fsp3) is 0.500. The first-order chi connectivity index (χ1) is 11.7. The molecule has 1 fully saturated rings. The number of morpholine rings is 1. The first-order valence-corrected chi connectivity index (χ1v) is 8.80. The van der Waals surface area contributed by atoms with Crippen molar-refractivity contribution in [1.29, 1.82) is 0 Å². The summed E-state index contributed by atoms with van der Waals surface area (Å²) in [4.78, 5) is 2.49. The number of hydrogen-bond acceptors (Lipinski definition) is 4. The van der Waals surface area contributed by atoms with Crippen LogP contribution in [0.1, 0.15) is 22.9 Å². The van der Waals surface area contributed by atoms with E-state index in [2.05, 4.69) is 45.6 Å². The van der Waals surface area contributed by atoms with Gasteiger partial charge in [0.25, 0.3) is 0 Å². The van der Waals surface area contributed by atoms with Gasteiger partial charge in [0.1, 0.15) is 5.15 Å². The van der Waals surface area contributed by atoms with Crippen LogP contribution in [-0.4, -0.2) is 47.5 Å². The number of rotatable bonds is 6. The molecule has 2 heterocycles. The van der Waals surface area contributed by atoms with Gasteiger partial charge in [0, 0.05) is 44.8 Å². The molecule has 6 heteroatoms.